The molecule has 1 amide bonds. The summed E-state index contributed by atoms with van der Waals surface area (Å²) in [5, 5.41) is 15.1. The van der Waals surface area contributed by atoms with Gasteiger partial charge in [-0.15, -0.1) is 0 Å². The number of aryl methyl sites for hydroxylation is 1. The molecule has 0 aliphatic heterocycles. The van der Waals surface area contributed by atoms with Gasteiger partial charge in [-0.05, 0) is 79.3 Å². The molecule has 1 heterocycles. The highest BCUT2D eigenvalue weighted by Crippen LogP contribution is 2.24. The van der Waals surface area contributed by atoms with E-state index in [0.717, 1.165) is 11.1 Å². The van der Waals surface area contributed by atoms with Crippen molar-refractivity contribution < 1.29 is 19.1 Å². The van der Waals surface area contributed by atoms with E-state index in [1.54, 1.807) is 37.3 Å². The molecule has 3 N–H and O–H groups in total. The Kier molecular flexibility index (Phi) is 6.66. The molecule has 0 fully saturated rings. The summed E-state index contributed by atoms with van der Waals surface area (Å²) in [7, 11) is 0. The zero-order valence-corrected chi connectivity index (χ0v) is 17.4. The van der Waals surface area contributed by atoms with Crippen molar-refractivity contribution in [3.8, 4) is 11.3 Å². The van der Waals surface area contributed by atoms with Crippen molar-refractivity contribution in [2.24, 2.45) is 0 Å². The zero-order valence-electron chi connectivity index (χ0n) is 15.8. The van der Waals surface area contributed by atoms with Gasteiger partial charge in [0.1, 0.15) is 11.5 Å². The first kappa shape index (κ1) is 21.3. The minimum atomic E-state index is -1.05. The fourth-order valence-corrected chi connectivity index (χ4v) is 2.90. The standard InChI is InChI=1S/C22H17ClN2O4S/c1-13-2-3-15(21(27)28)12-18(13)24-22(30)25-20(26)11-9-17-8-10-19(29-17)14-4-6-16(23)7-5-14/h2-12H,1H3,(H,27,28)(H2,24,25,26,30)/b11-9+. The Morgan fingerprint density at radius 3 is 2.53 bits per heavy atom. The molecule has 0 atom stereocenters. The van der Waals surface area contributed by atoms with Crippen LogP contribution in [-0.4, -0.2) is 22.1 Å². The fourth-order valence-electron chi connectivity index (χ4n) is 2.57. The maximum atomic E-state index is 12.1. The second kappa shape index (κ2) is 9.39. The molecule has 30 heavy (non-hydrogen) atoms. The number of carbonyl (C=O) groups excluding carboxylic acids is 1. The summed E-state index contributed by atoms with van der Waals surface area (Å²) in [4.78, 5) is 23.2. The molecular weight excluding hydrogens is 424 g/mol. The molecule has 0 saturated carbocycles. The van der Waals surface area contributed by atoms with Gasteiger partial charge in [-0.3, -0.25) is 10.1 Å². The minimum Gasteiger partial charge on any atom is -0.478 e. The number of aromatic carboxylic acids is 1. The van der Waals surface area contributed by atoms with Gasteiger partial charge in [0.05, 0.1) is 5.56 Å². The second-order valence-corrected chi connectivity index (χ2v) is 7.17. The van der Waals surface area contributed by atoms with Crippen LogP contribution < -0.4 is 10.6 Å². The molecule has 0 aliphatic rings. The maximum absolute atomic E-state index is 12.1. The maximum Gasteiger partial charge on any atom is 0.335 e. The highest BCUT2D eigenvalue weighted by atomic mass is 35.5. The summed E-state index contributed by atoms with van der Waals surface area (Å²) in [6.45, 7) is 1.80. The number of furan rings is 1. The van der Waals surface area contributed by atoms with Gasteiger partial charge < -0.3 is 14.8 Å². The van der Waals surface area contributed by atoms with E-state index in [2.05, 4.69) is 10.6 Å². The smallest absolute Gasteiger partial charge is 0.335 e. The molecule has 0 aliphatic carbocycles. The molecule has 0 radical (unpaired) electrons. The van der Waals surface area contributed by atoms with Gasteiger partial charge in [-0.25, -0.2) is 4.79 Å². The molecule has 6 nitrogen and oxygen atoms in total. The van der Waals surface area contributed by atoms with E-state index < -0.39 is 11.9 Å². The number of thiocarbonyl (C=S) groups is 1. The largest absolute Gasteiger partial charge is 0.478 e. The van der Waals surface area contributed by atoms with Gasteiger partial charge in [0.25, 0.3) is 0 Å². The van der Waals surface area contributed by atoms with Gasteiger partial charge in [0.15, 0.2) is 5.11 Å². The van der Waals surface area contributed by atoms with E-state index >= 15 is 0 Å². The van der Waals surface area contributed by atoms with Crippen molar-refractivity contribution in [3.63, 3.8) is 0 Å². The summed E-state index contributed by atoms with van der Waals surface area (Å²) in [5.74, 6) is -0.354. The van der Waals surface area contributed by atoms with Crippen LogP contribution in [0.25, 0.3) is 17.4 Å². The van der Waals surface area contributed by atoms with E-state index in [0.29, 0.717) is 22.2 Å². The number of amides is 1. The quantitative estimate of drug-likeness (QED) is 0.376. The van der Waals surface area contributed by atoms with Crippen molar-refractivity contribution in [1.29, 1.82) is 0 Å². The summed E-state index contributed by atoms with van der Waals surface area (Å²) in [6.07, 6.45) is 2.81. The molecule has 1 aromatic heterocycles. The Morgan fingerprint density at radius 2 is 1.83 bits per heavy atom. The molecule has 152 valence electrons. The van der Waals surface area contributed by atoms with Gasteiger partial charge in [-0.2, -0.15) is 0 Å². The van der Waals surface area contributed by atoms with Crippen LogP contribution in [0.4, 0.5) is 5.69 Å². The van der Waals surface area contributed by atoms with Crippen LogP contribution in [0.15, 0.2) is 65.1 Å². The molecule has 0 bridgehead atoms. The van der Waals surface area contributed by atoms with Gasteiger partial charge in [-0.1, -0.05) is 17.7 Å². The van der Waals surface area contributed by atoms with Crippen LogP contribution in [0.2, 0.25) is 5.02 Å². The van der Waals surface area contributed by atoms with Crippen molar-refractivity contribution in [2.45, 2.75) is 6.92 Å². The Balaban J connectivity index is 1.60. The van der Waals surface area contributed by atoms with E-state index in [1.165, 1.54) is 24.3 Å². The number of halogens is 1. The van der Waals surface area contributed by atoms with Crippen LogP contribution >= 0.6 is 23.8 Å². The number of carboxylic acid groups (broad SMARTS) is 1. The first-order chi connectivity index (χ1) is 14.3. The van der Waals surface area contributed by atoms with E-state index in [4.69, 9.17) is 33.3 Å². The number of rotatable bonds is 5. The van der Waals surface area contributed by atoms with Crippen LogP contribution in [0.5, 0.6) is 0 Å². The van der Waals surface area contributed by atoms with E-state index in [-0.39, 0.29) is 10.7 Å². The highest BCUT2D eigenvalue weighted by molar-refractivity contribution is 7.80. The molecule has 2 aromatic carbocycles. The topological polar surface area (TPSA) is 91.6 Å². The predicted molar refractivity (Wildman–Crippen MR) is 121 cm³/mol. The first-order valence-electron chi connectivity index (χ1n) is 8.81. The van der Waals surface area contributed by atoms with E-state index in [1.807, 2.05) is 12.1 Å². The molecule has 3 rings (SSSR count). The number of carboxylic acids is 1. The lowest BCUT2D eigenvalue weighted by atomic mass is 10.1. The van der Waals surface area contributed by atoms with Crippen molar-refractivity contribution in [3.05, 3.63) is 82.6 Å². The van der Waals surface area contributed by atoms with Crippen LogP contribution in [0.1, 0.15) is 21.7 Å². The summed E-state index contributed by atoms with van der Waals surface area (Å²) < 4.78 is 5.70. The Labute approximate surface area is 183 Å². The lowest BCUT2D eigenvalue weighted by Gasteiger charge is -2.11. The van der Waals surface area contributed by atoms with Crippen molar-refractivity contribution >= 4 is 52.6 Å². The molecule has 8 heteroatoms. The number of benzene rings is 2. The molecular formula is C22H17ClN2O4S. The predicted octanol–water partition coefficient (Wildman–Crippen LogP) is 5.13. The van der Waals surface area contributed by atoms with Crippen LogP contribution in [0.3, 0.4) is 0 Å². The Bertz CT molecular complexity index is 1140. The van der Waals surface area contributed by atoms with Crippen LogP contribution in [-0.2, 0) is 4.79 Å². The Hall–Kier alpha value is -3.42. The van der Waals surface area contributed by atoms with Crippen LogP contribution in [0, 0.1) is 6.92 Å². The minimum absolute atomic E-state index is 0.0524. The lowest BCUT2D eigenvalue weighted by molar-refractivity contribution is -0.115. The lowest BCUT2D eigenvalue weighted by Crippen LogP contribution is -2.33. The monoisotopic (exact) mass is 440 g/mol. The molecule has 3 aromatic rings. The highest BCUT2D eigenvalue weighted by Gasteiger charge is 2.09. The molecule has 0 saturated heterocycles. The number of nitrogens with one attached hydrogen (secondary N) is 2. The van der Waals surface area contributed by atoms with Crippen molar-refractivity contribution in [2.75, 3.05) is 5.32 Å². The summed E-state index contributed by atoms with van der Waals surface area (Å²) in [6, 6.07) is 15.4. The second-order valence-electron chi connectivity index (χ2n) is 6.32. The fraction of sp³-hybridized carbons (Fsp3) is 0.0455. The third kappa shape index (κ3) is 5.56. The zero-order chi connectivity index (χ0) is 21.7. The third-order valence-corrected chi connectivity index (χ3v) is 4.58. The third-order valence-electron chi connectivity index (χ3n) is 4.12. The number of hydrogen-bond acceptors (Lipinski definition) is 4. The summed E-state index contributed by atoms with van der Waals surface area (Å²) >= 11 is 11.0. The van der Waals surface area contributed by atoms with Crippen molar-refractivity contribution in [1.82, 2.24) is 5.32 Å². The number of anilines is 1. The first-order valence-corrected chi connectivity index (χ1v) is 9.60. The average molecular weight is 441 g/mol. The van der Waals surface area contributed by atoms with Gasteiger partial charge in [0, 0.05) is 22.3 Å². The SMILES string of the molecule is Cc1ccc(C(=O)O)cc1NC(=S)NC(=O)/C=C/c1ccc(-c2ccc(Cl)cc2)o1. The average Bonchev–Trinajstić information content (AvgIpc) is 3.17. The Morgan fingerprint density at radius 1 is 1.10 bits per heavy atom. The molecule has 0 unspecified atom stereocenters. The van der Waals surface area contributed by atoms with Gasteiger partial charge in [0.2, 0.25) is 5.91 Å². The number of hydrogen-bond donors (Lipinski definition) is 3. The molecule has 0 spiro atoms. The number of carbonyl (C=O) groups is 2. The van der Waals surface area contributed by atoms with Gasteiger partial charge >= 0.3 is 5.97 Å². The normalized spacial score (nSPS) is 10.7. The summed E-state index contributed by atoms with van der Waals surface area (Å²) in [5.41, 5.74) is 2.28. The van der Waals surface area contributed by atoms with E-state index in [9.17, 15) is 9.59 Å².